The van der Waals surface area contributed by atoms with E-state index in [4.69, 9.17) is 0 Å². The number of hydrogen-bond donors (Lipinski definition) is 0. The molecular formula is C10H12NOS. The zero-order valence-electron chi connectivity index (χ0n) is 7.51. The van der Waals surface area contributed by atoms with Crippen LogP contribution in [0.1, 0.15) is 13.3 Å². The Hall–Kier alpha value is -0.830. The van der Waals surface area contributed by atoms with E-state index < -0.39 is 0 Å². The second kappa shape index (κ2) is 5.75. The second-order valence-electron chi connectivity index (χ2n) is 2.60. The van der Waals surface area contributed by atoms with Crippen LogP contribution in [0, 0.1) is 6.42 Å². The van der Waals surface area contributed by atoms with Gasteiger partial charge in [0, 0.05) is 6.20 Å². The summed E-state index contributed by atoms with van der Waals surface area (Å²) in [5.74, 6) is 0. The first-order valence-corrected chi connectivity index (χ1v) is 5.05. The molecule has 1 heterocycles. The molecule has 0 saturated heterocycles. The molecular weight excluding hydrogens is 182 g/mol. The van der Waals surface area contributed by atoms with Crippen LogP contribution >= 0.6 is 11.8 Å². The molecule has 0 saturated carbocycles. The van der Waals surface area contributed by atoms with E-state index in [9.17, 15) is 4.79 Å². The molecule has 0 aliphatic carbocycles. The number of carbonyl (C=O) groups excluding carboxylic acids is 1. The van der Waals surface area contributed by atoms with Gasteiger partial charge in [-0.2, -0.15) is 0 Å². The van der Waals surface area contributed by atoms with Gasteiger partial charge in [0.25, 0.3) is 0 Å². The standard InChI is InChI=1S/C10H12NOS/c1-2-5-9(8-12)13-10-6-3-4-7-11-10/h2-4,6-9H,5H2,1H3. The van der Waals surface area contributed by atoms with Crippen molar-refractivity contribution in [1.29, 1.82) is 0 Å². The number of rotatable bonds is 5. The van der Waals surface area contributed by atoms with Crippen LogP contribution in [0.3, 0.4) is 0 Å². The molecule has 69 valence electrons. The molecule has 1 aromatic heterocycles. The van der Waals surface area contributed by atoms with Crippen molar-refractivity contribution in [2.24, 2.45) is 0 Å². The number of hydrogen-bond acceptors (Lipinski definition) is 3. The van der Waals surface area contributed by atoms with Crippen LogP contribution in [0.2, 0.25) is 0 Å². The smallest absolute Gasteiger partial charge is 0.133 e. The van der Waals surface area contributed by atoms with Crippen LogP contribution < -0.4 is 0 Å². The highest BCUT2D eigenvalue weighted by molar-refractivity contribution is 8.00. The van der Waals surface area contributed by atoms with Crippen LogP contribution in [0.4, 0.5) is 0 Å². The highest BCUT2D eigenvalue weighted by Gasteiger charge is 2.07. The van der Waals surface area contributed by atoms with E-state index in [1.165, 1.54) is 11.8 Å². The Morgan fingerprint density at radius 3 is 3.00 bits per heavy atom. The molecule has 0 fully saturated rings. The van der Waals surface area contributed by atoms with Crippen LogP contribution in [0.15, 0.2) is 29.4 Å². The van der Waals surface area contributed by atoms with Crippen molar-refractivity contribution in [2.45, 2.75) is 23.6 Å². The predicted octanol–water partition coefficient (Wildman–Crippen LogP) is 2.36. The summed E-state index contributed by atoms with van der Waals surface area (Å²) in [5, 5.41) is 0.904. The van der Waals surface area contributed by atoms with E-state index in [1.807, 2.05) is 31.5 Å². The van der Waals surface area contributed by atoms with Gasteiger partial charge in [-0.25, -0.2) is 4.98 Å². The lowest BCUT2D eigenvalue weighted by Gasteiger charge is -2.06. The van der Waals surface area contributed by atoms with E-state index in [-0.39, 0.29) is 5.25 Å². The summed E-state index contributed by atoms with van der Waals surface area (Å²) in [4.78, 5) is 14.8. The maximum atomic E-state index is 10.6. The van der Waals surface area contributed by atoms with Crippen LogP contribution in [-0.2, 0) is 4.79 Å². The molecule has 3 heteroatoms. The van der Waals surface area contributed by atoms with E-state index in [0.717, 1.165) is 17.7 Å². The lowest BCUT2D eigenvalue weighted by atomic mass is 10.3. The molecule has 0 aromatic carbocycles. The first-order valence-electron chi connectivity index (χ1n) is 4.17. The number of pyridine rings is 1. The Bertz CT molecular complexity index is 250. The molecule has 0 spiro atoms. The maximum Gasteiger partial charge on any atom is 0.133 e. The fourth-order valence-electron chi connectivity index (χ4n) is 0.936. The lowest BCUT2D eigenvalue weighted by molar-refractivity contribution is -0.107. The monoisotopic (exact) mass is 194 g/mol. The Balaban J connectivity index is 2.51. The third kappa shape index (κ3) is 3.59. The van der Waals surface area contributed by atoms with Gasteiger partial charge in [0.1, 0.15) is 6.29 Å². The normalized spacial score (nSPS) is 12.4. The average molecular weight is 194 g/mol. The number of aldehydes is 1. The highest BCUT2D eigenvalue weighted by Crippen LogP contribution is 2.22. The minimum Gasteiger partial charge on any atom is -0.302 e. The number of thioether (sulfide) groups is 1. The first kappa shape index (κ1) is 10.3. The first-order chi connectivity index (χ1) is 6.36. The van der Waals surface area contributed by atoms with Gasteiger partial charge in [0.05, 0.1) is 10.3 Å². The van der Waals surface area contributed by atoms with Gasteiger partial charge in [-0.3, -0.25) is 0 Å². The quantitative estimate of drug-likeness (QED) is 0.532. The Kier molecular flexibility index (Phi) is 4.54. The number of carbonyl (C=O) groups is 1. The molecule has 1 radical (unpaired) electrons. The molecule has 1 unspecified atom stereocenters. The minimum atomic E-state index is -0.0000926. The third-order valence-corrected chi connectivity index (χ3v) is 2.62. The molecule has 0 bridgehead atoms. The summed E-state index contributed by atoms with van der Waals surface area (Å²) in [6.45, 7) is 1.95. The summed E-state index contributed by atoms with van der Waals surface area (Å²) >= 11 is 1.50. The van der Waals surface area contributed by atoms with E-state index in [1.54, 1.807) is 6.20 Å². The molecule has 1 aromatic rings. The van der Waals surface area contributed by atoms with E-state index in [0.29, 0.717) is 0 Å². The average Bonchev–Trinajstić information content (AvgIpc) is 2.19. The van der Waals surface area contributed by atoms with Crippen molar-refractivity contribution in [2.75, 3.05) is 0 Å². The molecule has 13 heavy (non-hydrogen) atoms. The van der Waals surface area contributed by atoms with Crippen LogP contribution in [-0.4, -0.2) is 16.5 Å². The molecule has 2 nitrogen and oxygen atoms in total. The summed E-state index contributed by atoms with van der Waals surface area (Å²) < 4.78 is 0. The minimum absolute atomic E-state index is 0.0000926. The van der Waals surface area contributed by atoms with Crippen molar-refractivity contribution in [3.63, 3.8) is 0 Å². The van der Waals surface area contributed by atoms with Gasteiger partial charge in [0.2, 0.25) is 0 Å². The van der Waals surface area contributed by atoms with Gasteiger partial charge in [-0.15, -0.1) is 0 Å². The SMILES string of the molecule is C[CH]CC(C=O)Sc1ccccn1. The molecule has 0 aliphatic rings. The fourth-order valence-corrected chi connectivity index (χ4v) is 1.87. The topological polar surface area (TPSA) is 30.0 Å². The fraction of sp³-hybridized carbons (Fsp3) is 0.300. The van der Waals surface area contributed by atoms with E-state index in [2.05, 4.69) is 4.98 Å². The van der Waals surface area contributed by atoms with Gasteiger partial charge in [0.15, 0.2) is 0 Å². The summed E-state index contributed by atoms with van der Waals surface area (Å²) in [6, 6.07) is 5.70. The van der Waals surface area contributed by atoms with Gasteiger partial charge in [-0.05, 0) is 25.0 Å². The number of aromatic nitrogens is 1. The highest BCUT2D eigenvalue weighted by atomic mass is 32.2. The lowest BCUT2D eigenvalue weighted by Crippen LogP contribution is -2.03. The van der Waals surface area contributed by atoms with Gasteiger partial charge in [-0.1, -0.05) is 24.8 Å². The molecule has 1 atom stereocenters. The van der Waals surface area contributed by atoms with Crippen molar-refractivity contribution in [3.05, 3.63) is 30.8 Å². The summed E-state index contributed by atoms with van der Waals surface area (Å²) in [6.07, 6.45) is 5.50. The van der Waals surface area contributed by atoms with Gasteiger partial charge < -0.3 is 4.79 Å². The molecule has 1 rings (SSSR count). The predicted molar refractivity (Wildman–Crippen MR) is 54.5 cm³/mol. The number of nitrogens with zero attached hydrogens (tertiary/aromatic N) is 1. The van der Waals surface area contributed by atoms with E-state index >= 15 is 0 Å². The van der Waals surface area contributed by atoms with Crippen molar-refractivity contribution in [3.8, 4) is 0 Å². The maximum absolute atomic E-state index is 10.6. The van der Waals surface area contributed by atoms with Crippen LogP contribution in [0.25, 0.3) is 0 Å². The van der Waals surface area contributed by atoms with Crippen LogP contribution in [0.5, 0.6) is 0 Å². The Labute approximate surface area is 82.8 Å². The largest absolute Gasteiger partial charge is 0.302 e. The molecule has 0 amide bonds. The summed E-state index contributed by atoms with van der Waals surface area (Å²) in [7, 11) is 0. The van der Waals surface area contributed by atoms with Crippen molar-refractivity contribution in [1.82, 2.24) is 4.98 Å². The van der Waals surface area contributed by atoms with Crippen molar-refractivity contribution < 1.29 is 4.79 Å². The van der Waals surface area contributed by atoms with Crippen molar-refractivity contribution >= 4 is 18.0 Å². The van der Waals surface area contributed by atoms with Gasteiger partial charge >= 0.3 is 0 Å². The Morgan fingerprint density at radius 1 is 1.62 bits per heavy atom. The molecule has 0 aliphatic heterocycles. The zero-order valence-corrected chi connectivity index (χ0v) is 8.33. The Morgan fingerprint density at radius 2 is 2.46 bits per heavy atom. The zero-order chi connectivity index (χ0) is 9.52. The molecule has 0 N–H and O–H groups in total. The summed E-state index contributed by atoms with van der Waals surface area (Å²) in [5.41, 5.74) is 0. The second-order valence-corrected chi connectivity index (χ2v) is 3.86. The third-order valence-electron chi connectivity index (χ3n) is 1.53.